The maximum absolute atomic E-state index is 9.38. The third-order valence-electron chi connectivity index (χ3n) is 3.72. The van der Waals surface area contributed by atoms with Crippen LogP contribution in [0.15, 0.2) is 16.7 Å². The van der Waals surface area contributed by atoms with Crippen molar-refractivity contribution < 1.29 is 5.11 Å². The van der Waals surface area contributed by atoms with Crippen molar-refractivity contribution in [3.63, 3.8) is 0 Å². The fraction of sp³-hybridized carbons (Fsp3) is 0.615. The molecule has 2 atom stereocenters. The summed E-state index contributed by atoms with van der Waals surface area (Å²) in [5.74, 6) is 1.68. The Labute approximate surface area is 116 Å². The van der Waals surface area contributed by atoms with E-state index >= 15 is 0 Å². The number of hydrogen-bond acceptors (Lipinski definition) is 4. The Morgan fingerprint density at radius 3 is 2.78 bits per heavy atom. The van der Waals surface area contributed by atoms with Crippen molar-refractivity contribution in [2.24, 2.45) is 11.8 Å². The number of aliphatic hydroxyl groups excluding tert-OH is 1. The van der Waals surface area contributed by atoms with Gasteiger partial charge in [0.25, 0.3) is 0 Å². The number of aromatic nitrogens is 1. The third-order valence-corrected chi connectivity index (χ3v) is 4.15. The molecule has 1 aliphatic carbocycles. The zero-order valence-corrected chi connectivity index (χ0v) is 12.0. The highest BCUT2D eigenvalue weighted by Crippen LogP contribution is 2.30. The molecule has 1 fully saturated rings. The lowest BCUT2D eigenvalue weighted by Crippen LogP contribution is -2.29. The third kappa shape index (κ3) is 3.36. The predicted molar refractivity (Wildman–Crippen MR) is 77.4 cm³/mol. The minimum absolute atomic E-state index is 0.287. The average Bonchev–Trinajstić information content (AvgIpc) is 2.38. The highest BCUT2D eigenvalue weighted by atomic mass is 79.9. The molecule has 4 N–H and O–H groups in total. The second-order valence-electron chi connectivity index (χ2n) is 4.96. The van der Waals surface area contributed by atoms with Crippen molar-refractivity contribution in [3.05, 3.63) is 16.7 Å². The van der Waals surface area contributed by atoms with E-state index in [4.69, 9.17) is 5.73 Å². The lowest BCUT2D eigenvalue weighted by atomic mass is 9.79. The van der Waals surface area contributed by atoms with Gasteiger partial charge in [0.1, 0.15) is 5.82 Å². The monoisotopic (exact) mass is 313 g/mol. The molecule has 0 aliphatic heterocycles. The number of rotatable bonds is 4. The molecule has 18 heavy (non-hydrogen) atoms. The van der Waals surface area contributed by atoms with E-state index in [1.807, 2.05) is 6.07 Å². The number of halogens is 1. The van der Waals surface area contributed by atoms with Gasteiger partial charge in [-0.1, -0.05) is 12.8 Å². The molecule has 5 heteroatoms. The Kier molecular flexibility index (Phi) is 4.83. The molecular formula is C13H20BrN3O. The summed E-state index contributed by atoms with van der Waals surface area (Å²) >= 11 is 3.34. The highest BCUT2D eigenvalue weighted by molar-refractivity contribution is 9.10. The van der Waals surface area contributed by atoms with Crippen LogP contribution in [-0.2, 0) is 0 Å². The Balaban J connectivity index is 1.93. The van der Waals surface area contributed by atoms with Gasteiger partial charge >= 0.3 is 0 Å². The number of pyridine rings is 1. The lowest BCUT2D eigenvalue weighted by Gasteiger charge is -2.30. The first-order chi connectivity index (χ1) is 8.70. The minimum atomic E-state index is 0.287. The largest absolute Gasteiger partial charge is 0.396 e. The molecule has 0 aromatic carbocycles. The van der Waals surface area contributed by atoms with Crippen molar-refractivity contribution in [2.75, 3.05) is 24.2 Å². The van der Waals surface area contributed by atoms with Gasteiger partial charge in [-0.2, -0.15) is 0 Å². The van der Waals surface area contributed by atoms with Crippen LogP contribution in [0.5, 0.6) is 0 Å². The molecule has 1 aromatic heterocycles. The van der Waals surface area contributed by atoms with Crippen LogP contribution >= 0.6 is 15.9 Å². The van der Waals surface area contributed by atoms with E-state index in [-0.39, 0.29) is 6.61 Å². The first-order valence-electron chi connectivity index (χ1n) is 6.46. The van der Waals surface area contributed by atoms with Crippen LogP contribution in [0.25, 0.3) is 0 Å². The number of aliphatic hydroxyl groups is 1. The Bertz CT molecular complexity index is 400. The quantitative estimate of drug-likeness (QED) is 0.799. The summed E-state index contributed by atoms with van der Waals surface area (Å²) in [4.78, 5) is 4.27. The van der Waals surface area contributed by atoms with Crippen LogP contribution in [0.1, 0.15) is 25.7 Å². The fourth-order valence-electron chi connectivity index (χ4n) is 2.62. The normalized spacial score (nSPS) is 23.9. The summed E-state index contributed by atoms with van der Waals surface area (Å²) in [6, 6.07) is 1.85. The van der Waals surface area contributed by atoms with Gasteiger partial charge in [-0.3, -0.25) is 0 Å². The van der Waals surface area contributed by atoms with Crippen LogP contribution in [0.3, 0.4) is 0 Å². The van der Waals surface area contributed by atoms with Gasteiger partial charge in [-0.15, -0.1) is 0 Å². The smallest absolute Gasteiger partial charge is 0.149 e. The van der Waals surface area contributed by atoms with Crippen LogP contribution < -0.4 is 11.1 Å². The Morgan fingerprint density at radius 2 is 2.11 bits per heavy atom. The van der Waals surface area contributed by atoms with Gasteiger partial charge in [-0.05, 0) is 46.7 Å². The summed E-state index contributed by atoms with van der Waals surface area (Å²) in [7, 11) is 0. The van der Waals surface area contributed by atoms with Crippen molar-refractivity contribution >= 4 is 27.4 Å². The molecule has 0 spiro atoms. The SMILES string of the molecule is Nc1cc(Br)cnc1NCC1CCCCC1CO. The highest BCUT2D eigenvalue weighted by Gasteiger charge is 2.24. The molecule has 1 saturated carbocycles. The first-order valence-corrected chi connectivity index (χ1v) is 7.25. The zero-order chi connectivity index (χ0) is 13.0. The van der Waals surface area contributed by atoms with E-state index in [1.165, 1.54) is 19.3 Å². The molecule has 100 valence electrons. The summed E-state index contributed by atoms with van der Waals surface area (Å²) in [5, 5.41) is 12.7. The van der Waals surface area contributed by atoms with Gasteiger partial charge in [-0.25, -0.2) is 4.98 Å². The summed E-state index contributed by atoms with van der Waals surface area (Å²) in [6.07, 6.45) is 6.54. The number of nitrogen functional groups attached to an aromatic ring is 1. The van der Waals surface area contributed by atoms with Gasteiger partial charge < -0.3 is 16.2 Å². The number of nitrogens with two attached hydrogens (primary N) is 1. The molecule has 4 nitrogen and oxygen atoms in total. The van der Waals surface area contributed by atoms with E-state index in [0.29, 0.717) is 17.5 Å². The predicted octanol–water partition coefficient (Wildman–Crippen LogP) is 2.64. The first kappa shape index (κ1) is 13.6. The van der Waals surface area contributed by atoms with Crippen molar-refractivity contribution in [2.45, 2.75) is 25.7 Å². The van der Waals surface area contributed by atoms with Crippen LogP contribution in [0.2, 0.25) is 0 Å². The Hall–Kier alpha value is -0.810. The van der Waals surface area contributed by atoms with Gasteiger partial charge in [0.2, 0.25) is 0 Å². The van der Waals surface area contributed by atoms with E-state index in [2.05, 4.69) is 26.2 Å². The molecule has 0 amide bonds. The van der Waals surface area contributed by atoms with Gasteiger partial charge in [0.05, 0.1) is 5.69 Å². The standard InChI is InChI=1S/C13H20BrN3O/c14-11-5-12(15)13(17-7-11)16-6-9-3-1-2-4-10(9)8-18/h5,7,9-10,18H,1-4,6,8,15H2,(H,16,17). The second kappa shape index (κ2) is 6.38. The maximum atomic E-state index is 9.38. The molecule has 1 aromatic rings. The van der Waals surface area contributed by atoms with E-state index in [1.54, 1.807) is 6.20 Å². The Morgan fingerprint density at radius 1 is 1.39 bits per heavy atom. The number of nitrogens with one attached hydrogen (secondary N) is 1. The van der Waals surface area contributed by atoms with Crippen molar-refractivity contribution in [3.8, 4) is 0 Å². The number of nitrogens with zero attached hydrogens (tertiary/aromatic N) is 1. The lowest BCUT2D eigenvalue weighted by molar-refractivity contribution is 0.141. The van der Waals surface area contributed by atoms with Crippen LogP contribution in [0.4, 0.5) is 11.5 Å². The molecule has 0 radical (unpaired) electrons. The molecule has 0 saturated heterocycles. The van der Waals surface area contributed by atoms with Crippen molar-refractivity contribution in [1.82, 2.24) is 4.98 Å². The average molecular weight is 314 g/mol. The summed E-state index contributed by atoms with van der Waals surface area (Å²) in [6.45, 7) is 1.12. The van der Waals surface area contributed by atoms with Crippen LogP contribution in [-0.4, -0.2) is 23.2 Å². The number of hydrogen-bond donors (Lipinski definition) is 3. The van der Waals surface area contributed by atoms with Crippen LogP contribution in [0, 0.1) is 11.8 Å². The summed E-state index contributed by atoms with van der Waals surface area (Å²) in [5.41, 5.74) is 6.55. The number of anilines is 2. The van der Waals surface area contributed by atoms with Crippen molar-refractivity contribution in [1.29, 1.82) is 0 Å². The molecular weight excluding hydrogens is 294 g/mol. The minimum Gasteiger partial charge on any atom is -0.396 e. The van der Waals surface area contributed by atoms with Gasteiger partial charge in [0, 0.05) is 23.8 Å². The molecule has 1 aliphatic rings. The topological polar surface area (TPSA) is 71.2 Å². The maximum Gasteiger partial charge on any atom is 0.149 e. The summed E-state index contributed by atoms with van der Waals surface area (Å²) < 4.78 is 0.886. The van der Waals surface area contributed by atoms with E-state index in [9.17, 15) is 5.11 Å². The second-order valence-corrected chi connectivity index (χ2v) is 5.88. The fourth-order valence-corrected chi connectivity index (χ4v) is 2.97. The zero-order valence-electron chi connectivity index (χ0n) is 10.4. The molecule has 2 rings (SSSR count). The van der Waals surface area contributed by atoms with E-state index < -0.39 is 0 Å². The molecule has 2 unspecified atom stereocenters. The van der Waals surface area contributed by atoms with E-state index in [0.717, 1.165) is 23.3 Å². The van der Waals surface area contributed by atoms with Gasteiger partial charge in [0.15, 0.2) is 0 Å². The molecule has 1 heterocycles. The molecule has 0 bridgehead atoms.